The quantitative estimate of drug-likeness (QED) is 0.705. The van der Waals surface area contributed by atoms with Crippen LogP contribution in [0.25, 0.3) is 0 Å². The molecule has 1 atom stereocenters. The summed E-state index contributed by atoms with van der Waals surface area (Å²) >= 11 is 1.93. The second-order valence-electron chi connectivity index (χ2n) is 8.89. The summed E-state index contributed by atoms with van der Waals surface area (Å²) in [6.07, 6.45) is 3.07. The molecule has 0 radical (unpaired) electrons. The zero-order valence-electron chi connectivity index (χ0n) is 19.1. The van der Waals surface area contributed by atoms with Crippen LogP contribution in [-0.2, 0) is 19.9 Å². The van der Waals surface area contributed by atoms with Gasteiger partial charge in [0.2, 0.25) is 0 Å². The monoisotopic (exact) mass is 455 g/mol. The molecule has 32 heavy (non-hydrogen) atoms. The van der Waals surface area contributed by atoms with E-state index >= 15 is 0 Å². The van der Waals surface area contributed by atoms with Crippen molar-refractivity contribution in [3.05, 3.63) is 41.2 Å². The first-order valence-corrected chi connectivity index (χ1v) is 12.8. The third-order valence-electron chi connectivity index (χ3n) is 7.19. The van der Waals surface area contributed by atoms with Crippen molar-refractivity contribution in [2.45, 2.75) is 25.3 Å². The van der Waals surface area contributed by atoms with Crippen LogP contribution in [0.4, 0.5) is 5.69 Å². The van der Waals surface area contributed by atoms with Gasteiger partial charge >= 0.3 is 0 Å². The van der Waals surface area contributed by atoms with Crippen molar-refractivity contribution in [1.29, 1.82) is 0 Å². The predicted molar refractivity (Wildman–Crippen MR) is 129 cm³/mol. The highest BCUT2D eigenvalue weighted by atomic mass is 32.2. The number of anilines is 1. The average molecular weight is 456 g/mol. The number of para-hydroxylation sites is 2. The van der Waals surface area contributed by atoms with Crippen LogP contribution in [0.1, 0.15) is 28.2 Å². The molecular formula is C24H33N5O2S. The van der Waals surface area contributed by atoms with Crippen LogP contribution in [0.2, 0.25) is 0 Å². The molecule has 3 heterocycles. The number of rotatable bonds is 4. The SMILES string of the molecule is COc1ccccc1N1CCN(C2CCc3c(c(C(=O)N4CCSCC4)nn3C)C2)CC1. The molecule has 2 aromatic rings. The number of carbonyl (C=O) groups is 1. The third kappa shape index (κ3) is 4.10. The van der Waals surface area contributed by atoms with Crippen molar-refractivity contribution in [3.63, 3.8) is 0 Å². The topological polar surface area (TPSA) is 53.8 Å². The van der Waals surface area contributed by atoms with Gasteiger partial charge in [0.1, 0.15) is 5.75 Å². The van der Waals surface area contributed by atoms with Crippen molar-refractivity contribution in [3.8, 4) is 5.75 Å². The van der Waals surface area contributed by atoms with Gasteiger partial charge < -0.3 is 14.5 Å². The van der Waals surface area contributed by atoms with Gasteiger partial charge in [-0.1, -0.05) is 12.1 Å². The van der Waals surface area contributed by atoms with E-state index in [0.29, 0.717) is 11.7 Å². The fourth-order valence-corrected chi connectivity index (χ4v) is 6.29. The maximum atomic E-state index is 13.2. The molecule has 1 aliphatic carbocycles. The molecule has 2 aliphatic heterocycles. The summed E-state index contributed by atoms with van der Waals surface area (Å²) in [4.78, 5) is 20.3. The zero-order chi connectivity index (χ0) is 22.1. The number of carbonyl (C=O) groups excluding carboxylic acids is 1. The molecule has 0 N–H and O–H groups in total. The summed E-state index contributed by atoms with van der Waals surface area (Å²) in [7, 11) is 3.73. The summed E-state index contributed by atoms with van der Waals surface area (Å²) in [5.41, 5.74) is 4.33. The van der Waals surface area contributed by atoms with E-state index in [2.05, 4.69) is 21.9 Å². The molecular weight excluding hydrogens is 422 g/mol. The summed E-state index contributed by atoms with van der Waals surface area (Å²) in [6.45, 7) is 5.73. The number of aryl methyl sites for hydroxylation is 1. The molecule has 1 unspecified atom stereocenters. The highest BCUT2D eigenvalue weighted by Gasteiger charge is 2.34. The Morgan fingerprint density at radius 3 is 2.59 bits per heavy atom. The lowest BCUT2D eigenvalue weighted by Gasteiger charge is -2.41. The van der Waals surface area contributed by atoms with E-state index in [9.17, 15) is 4.79 Å². The maximum absolute atomic E-state index is 13.2. The highest BCUT2D eigenvalue weighted by molar-refractivity contribution is 7.99. The van der Waals surface area contributed by atoms with Crippen molar-refractivity contribution in [2.75, 3.05) is 62.8 Å². The van der Waals surface area contributed by atoms with Crippen molar-refractivity contribution < 1.29 is 9.53 Å². The molecule has 2 saturated heterocycles. The van der Waals surface area contributed by atoms with Crippen LogP contribution >= 0.6 is 11.8 Å². The van der Waals surface area contributed by atoms with E-state index < -0.39 is 0 Å². The van der Waals surface area contributed by atoms with E-state index in [4.69, 9.17) is 9.84 Å². The Labute approximate surface area is 194 Å². The Bertz CT molecular complexity index is 963. The third-order valence-corrected chi connectivity index (χ3v) is 8.13. The summed E-state index contributed by atoms with van der Waals surface area (Å²) in [5, 5.41) is 4.70. The van der Waals surface area contributed by atoms with Crippen molar-refractivity contribution in [2.24, 2.45) is 7.05 Å². The van der Waals surface area contributed by atoms with Crippen LogP contribution in [0.15, 0.2) is 24.3 Å². The summed E-state index contributed by atoms with van der Waals surface area (Å²) in [5.74, 6) is 3.13. The number of amides is 1. The second kappa shape index (κ2) is 9.35. The molecule has 2 fully saturated rings. The molecule has 3 aliphatic rings. The number of benzene rings is 1. The van der Waals surface area contributed by atoms with Crippen LogP contribution in [0.5, 0.6) is 5.75 Å². The molecule has 1 aromatic carbocycles. The Balaban J connectivity index is 1.27. The van der Waals surface area contributed by atoms with Crippen molar-refractivity contribution in [1.82, 2.24) is 19.6 Å². The van der Waals surface area contributed by atoms with E-state index in [-0.39, 0.29) is 5.91 Å². The number of hydrogen-bond acceptors (Lipinski definition) is 6. The molecule has 8 heteroatoms. The number of thioether (sulfide) groups is 1. The standard InChI is InChI=1S/C24H33N5O2S/c1-26-20-8-7-18(17-19(20)23(25-26)24(30)29-13-15-32-16-14-29)27-9-11-28(12-10-27)21-5-3-4-6-22(21)31-2/h3-6,18H,7-17H2,1-2H3. The molecule has 0 bridgehead atoms. The molecule has 7 nitrogen and oxygen atoms in total. The number of ether oxygens (including phenoxy) is 1. The van der Waals surface area contributed by atoms with Gasteiger partial charge in [0, 0.05) is 75.1 Å². The molecule has 0 saturated carbocycles. The van der Waals surface area contributed by atoms with Gasteiger partial charge in [0.25, 0.3) is 5.91 Å². The zero-order valence-corrected chi connectivity index (χ0v) is 19.9. The van der Waals surface area contributed by atoms with Gasteiger partial charge in [-0.05, 0) is 31.4 Å². The Kier molecular flexibility index (Phi) is 6.33. The first-order chi connectivity index (χ1) is 15.7. The lowest BCUT2D eigenvalue weighted by molar-refractivity contribution is 0.0763. The maximum Gasteiger partial charge on any atom is 0.274 e. The Morgan fingerprint density at radius 1 is 1.09 bits per heavy atom. The number of hydrogen-bond donors (Lipinski definition) is 0. The van der Waals surface area contributed by atoms with E-state index in [1.807, 2.05) is 40.5 Å². The Hall–Kier alpha value is -2.19. The molecule has 5 rings (SSSR count). The molecule has 0 spiro atoms. The van der Waals surface area contributed by atoms with Crippen molar-refractivity contribution >= 4 is 23.4 Å². The molecule has 1 aromatic heterocycles. The highest BCUT2D eigenvalue weighted by Crippen LogP contribution is 2.31. The summed E-state index contributed by atoms with van der Waals surface area (Å²) < 4.78 is 7.52. The first-order valence-electron chi connectivity index (χ1n) is 11.7. The van der Waals surface area contributed by atoms with E-state index in [1.165, 1.54) is 16.9 Å². The van der Waals surface area contributed by atoms with E-state index in [0.717, 1.165) is 75.8 Å². The van der Waals surface area contributed by atoms with Gasteiger partial charge in [0.05, 0.1) is 12.8 Å². The lowest BCUT2D eigenvalue weighted by Crippen LogP contribution is -2.52. The largest absolute Gasteiger partial charge is 0.495 e. The van der Waals surface area contributed by atoms with Crippen LogP contribution in [0.3, 0.4) is 0 Å². The van der Waals surface area contributed by atoms with E-state index in [1.54, 1.807) is 7.11 Å². The fraction of sp³-hybridized carbons (Fsp3) is 0.583. The Morgan fingerprint density at radius 2 is 1.84 bits per heavy atom. The number of piperazine rings is 1. The predicted octanol–water partition coefficient (Wildman–Crippen LogP) is 2.30. The van der Waals surface area contributed by atoms with Crippen LogP contribution in [0, 0.1) is 0 Å². The number of fused-ring (bicyclic) bond motifs is 1. The lowest BCUT2D eigenvalue weighted by atomic mass is 9.89. The molecule has 1 amide bonds. The normalized spacial score (nSPS) is 22.0. The minimum Gasteiger partial charge on any atom is -0.495 e. The average Bonchev–Trinajstić information content (AvgIpc) is 3.20. The summed E-state index contributed by atoms with van der Waals surface area (Å²) in [6, 6.07) is 8.76. The fourth-order valence-electron chi connectivity index (χ4n) is 5.39. The number of aromatic nitrogens is 2. The number of methoxy groups -OCH3 is 1. The first kappa shape index (κ1) is 21.6. The van der Waals surface area contributed by atoms with Gasteiger partial charge in [-0.25, -0.2) is 0 Å². The molecule has 172 valence electrons. The second-order valence-corrected chi connectivity index (χ2v) is 10.1. The minimum absolute atomic E-state index is 0.129. The number of nitrogens with zero attached hydrogens (tertiary/aromatic N) is 5. The van der Waals surface area contributed by atoms with Gasteiger partial charge in [0.15, 0.2) is 5.69 Å². The van der Waals surface area contributed by atoms with Crippen LogP contribution < -0.4 is 9.64 Å². The van der Waals surface area contributed by atoms with Crippen LogP contribution in [-0.4, -0.2) is 89.4 Å². The van der Waals surface area contributed by atoms with Gasteiger partial charge in [-0.15, -0.1) is 0 Å². The smallest absolute Gasteiger partial charge is 0.274 e. The van der Waals surface area contributed by atoms with Gasteiger partial charge in [-0.2, -0.15) is 16.9 Å². The van der Waals surface area contributed by atoms with Gasteiger partial charge in [-0.3, -0.25) is 14.4 Å². The minimum atomic E-state index is 0.129.